The molecule has 0 unspecified atom stereocenters. The molecule has 0 bridgehead atoms. The molecule has 0 aliphatic carbocycles. The van der Waals surface area contributed by atoms with Crippen LogP contribution in [0.2, 0.25) is 0 Å². The molecule has 4 nitrogen and oxygen atoms in total. The van der Waals surface area contributed by atoms with Crippen LogP contribution >= 0.6 is 11.3 Å². The molecule has 1 amide bonds. The highest BCUT2D eigenvalue weighted by Crippen LogP contribution is 2.29. The highest BCUT2D eigenvalue weighted by molar-refractivity contribution is 7.13. The van der Waals surface area contributed by atoms with Crippen molar-refractivity contribution < 1.29 is 4.79 Å². The molecule has 0 saturated carbocycles. The van der Waals surface area contributed by atoms with Crippen LogP contribution in [0, 0.1) is 0 Å². The third kappa shape index (κ3) is 2.20. The van der Waals surface area contributed by atoms with Crippen molar-refractivity contribution >= 4 is 28.1 Å². The molecule has 0 aliphatic heterocycles. The summed E-state index contributed by atoms with van der Waals surface area (Å²) < 4.78 is 0. The molecule has 0 aliphatic rings. The van der Waals surface area contributed by atoms with Gasteiger partial charge in [0, 0.05) is 17.9 Å². The summed E-state index contributed by atoms with van der Waals surface area (Å²) in [4.78, 5) is 15.2. The summed E-state index contributed by atoms with van der Waals surface area (Å²) in [6.45, 7) is 1.48. The monoisotopic (exact) mass is 233 g/mol. The first-order chi connectivity index (χ1) is 7.66. The number of nitrogens with two attached hydrogens (primary N) is 1. The first-order valence-corrected chi connectivity index (χ1v) is 5.63. The van der Waals surface area contributed by atoms with E-state index in [1.807, 2.05) is 29.6 Å². The lowest BCUT2D eigenvalue weighted by molar-refractivity contribution is -0.114. The second-order valence-corrected chi connectivity index (χ2v) is 4.19. The maximum atomic E-state index is 11.0. The highest BCUT2D eigenvalue weighted by Gasteiger charge is 2.08. The van der Waals surface area contributed by atoms with E-state index in [-0.39, 0.29) is 5.91 Å². The number of nitrogens with zero attached hydrogens (tertiary/aromatic N) is 1. The Hall–Kier alpha value is -1.88. The molecule has 0 atom stereocenters. The van der Waals surface area contributed by atoms with Crippen LogP contribution in [0.25, 0.3) is 11.3 Å². The van der Waals surface area contributed by atoms with Gasteiger partial charge in [0.25, 0.3) is 0 Å². The van der Waals surface area contributed by atoms with E-state index >= 15 is 0 Å². The average Bonchev–Trinajstić information content (AvgIpc) is 2.65. The number of rotatable bonds is 2. The maximum Gasteiger partial charge on any atom is 0.221 e. The molecule has 5 heteroatoms. The Kier molecular flexibility index (Phi) is 2.87. The van der Waals surface area contributed by atoms with Gasteiger partial charge in [0.05, 0.1) is 11.4 Å². The molecule has 82 valence electrons. The quantitative estimate of drug-likeness (QED) is 0.836. The molecule has 1 heterocycles. The standard InChI is InChI=1S/C11H11N3OS/c1-7(15)13-9-5-3-2-4-8(9)10-6-16-11(12)14-10/h2-6H,1H3,(H2,12,14)(H,13,15). The zero-order valence-corrected chi connectivity index (χ0v) is 9.54. The van der Waals surface area contributed by atoms with Gasteiger partial charge in [0.1, 0.15) is 0 Å². The Bertz CT molecular complexity index is 521. The van der Waals surface area contributed by atoms with E-state index in [2.05, 4.69) is 10.3 Å². The smallest absolute Gasteiger partial charge is 0.221 e. The predicted molar refractivity (Wildman–Crippen MR) is 66.3 cm³/mol. The molecule has 1 aromatic carbocycles. The summed E-state index contributed by atoms with van der Waals surface area (Å²) in [6.07, 6.45) is 0. The number of carbonyl (C=O) groups excluding carboxylic acids is 1. The van der Waals surface area contributed by atoms with E-state index in [0.717, 1.165) is 16.9 Å². The van der Waals surface area contributed by atoms with Crippen molar-refractivity contribution in [3.8, 4) is 11.3 Å². The molecular formula is C11H11N3OS. The summed E-state index contributed by atoms with van der Waals surface area (Å²) >= 11 is 1.38. The lowest BCUT2D eigenvalue weighted by Crippen LogP contribution is -2.06. The van der Waals surface area contributed by atoms with Crippen molar-refractivity contribution in [2.75, 3.05) is 11.1 Å². The van der Waals surface area contributed by atoms with E-state index in [9.17, 15) is 4.79 Å². The number of hydrogen-bond donors (Lipinski definition) is 2. The van der Waals surface area contributed by atoms with Crippen molar-refractivity contribution in [3.05, 3.63) is 29.6 Å². The number of nitrogen functional groups attached to an aromatic ring is 1. The Balaban J connectivity index is 2.43. The summed E-state index contributed by atoms with van der Waals surface area (Å²) in [5.41, 5.74) is 8.00. The maximum absolute atomic E-state index is 11.0. The van der Waals surface area contributed by atoms with Crippen molar-refractivity contribution in [1.82, 2.24) is 4.98 Å². The Morgan fingerprint density at radius 3 is 2.81 bits per heavy atom. The third-order valence-corrected chi connectivity index (χ3v) is 2.71. The van der Waals surface area contributed by atoms with Crippen LogP contribution in [0.4, 0.5) is 10.8 Å². The Morgan fingerprint density at radius 2 is 2.19 bits per heavy atom. The topological polar surface area (TPSA) is 68.0 Å². The number of anilines is 2. The summed E-state index contributed by atoms with van der Waals surface area (Å²) in [5, 5.41) is 5.16. The molecule has 3 N–H and O–H groups in total. The number of thiazole rings is 1. The van der Waals surface area contributed by atoms with E-state index in [1.54, 1.807) is 0 Å². The molecule has 16 heavy (non-hydrogen) atoms. The predicted octanol–water partition coefficient (Wildman–Crippen LogP) is 2.35. The Labute approximate surface area is 97.1 Å². The fourth-order valence-electron chi connectivity index (χ4n) is 1.42. The second-order valence-electron chi connectivity index (χ2n) is 3.30. The van der Waals surface area contributed by atoms with E-state index in [1.165, 1.54) is 18.3 Å². The van der Waals surface area contributed by atoms with Crippen LogP contribution < -0.4 is 11.1 Å². The van der Waals surface area contributed by atoms with Gasteiger partial charge >= 0.3 is 0 Å². The van der Waals surface area contributed by atoms with Gasteiger partial charge in [-0.25, -0.2) is 4.98 Å². The van der Waals surface area contributed by atoms with Gasteiger partial charge in [-0.2, -0.15) is 0 Å². The van der Waals surface area contributed by atoms with Crippen LogP contribution in [-0.2, 0) is 4.79 Å². The minimum absolute atomic E-state index is 0.101. The minimum Gasteiger partial charge on any atom is -0.375 e. The largest absolute Gasteiger partial charge is 0.375 e. The molecular weight excluding hydrogens is 222 g/mol. The van der Waals surface area contributed by atoms with Gasteiger partial charge in [-0.1, -0.05) is 18.2 Å². The molecule has 0 radical (unpaired) electrons. The number of nitrogens with one attached hydrogen (secondary N) is 1. The number of amides is 1. The number of hydrogen-bond acceptors (Lipinski definition) is 4. The SMILES string of the molecule is CC(=O)Nc1ccccc1-c1csc(N)n1. The molecule has 1 aromatic heterocycles. The van der Waals surface area contributed by atoms with E-state index < -0.39 is 0 Å². The summed E-state index contributed by atoms with van der Waals surface area (Å²) in [6, 6.07) is 7.51. The van der Waals surface area contributed by atoms with Gasteiger partial charge in [-0.15, -0.1) is 11.3 Å². The van der Waals surface area contributed by atoms with Crippen molar-refractivity contribution in [1.29, 1.82) is 0 Å². The van der Waals surface area contributed by atoms with Gasteiger partial charge in [-0.05, 0) is 6.07 Å². The van der Waals surface area contributed by atoms with Crippen LogP contribution in [-0.4, -0.2) is 10.9 Å². The fourth-order valence-corrected chi connectivity index (χ4v) is 1.98. The zero-order valence-electron chi connectivity index (χ0n) is 8.73. The summed E-state index contributed by atoms with van der Waals surface area (Å²) in [7, 11) is 0. The first-order valence-electron chi connectivity index (χ1n) is 4.75. The first kappa shape index (κ1) is 10.6. The molecule has 2 rings (SSSR count). The molecule has 0 saturated heterocycles. The average molecular weight is 233 g/mol. The van der Waals surface area contributed by atoms with Crippen LogP contribution in [0.5, 0.6) is 0 Å². The van der Waals surface area contributed by atoms with Gasteiger partial charge in [0.15, 0.2) is 5.13 Å². The van der Waals surface area contributed by atoms with Gasteiger partial charge < -0.3 is 11.1 Å². The number of para-hydroxylation sites is 1. The lowest BCUT2D eigenvalue weighted by atomic mass is 10.1. The van der Waals surface area contributed by atoms with Gasteiger partial charge in [-0.3, -0.25) is 4.79 Å². The van der Waals surface area contributed by atoms with Crippen molar-refractivity contribution in [2.24, 2.45) is 0 Å². The number of benzene rings is 1. The van der Waals surface area contributed by atoms with E-state index in [4.69, 9.17) is 5.73 Å². The fraction of sp³-hybridized carbons (Fsp3) is 0.0909. The van der Waals surface area contributed by atoms with Crippen molar-refractivity contribution in [3.63, 3.8) is 0 Å². The van der Waals surface area contributed by atoms with Crippen LogP contribution in [0.15, 0.2) is 29.6 Å². The van der Waals surface area contributed by atoms with E-state index in [0.29, 0.717) is 5.13 Å². The normalized spacial score (nSPS) is 10.1. The molecule has 0 spiro atoms. The molecule has 0 fully saturated rings. The van der Waals surface area contributed by atoms with Crippen molar-refractivity contribution in [2.45, 2.75) is 6.92 Å². The van der Waals surface area contributed by atoms with Crippen LogP contribution in [0.3, 0.4) is 0 Å². The highest BCUT2D eigenvalue weighted by atomic mass is 32.1. The zero-order chi connectivity index (χ0) is 11.5. The number of carbonyl (C=O) groups is 1. The number of aromatic nitrogens is 1. The minimum atomic E-state index is -0.101. The third-order valence-electron chi connectivity index (χ3n) is 2.04. The molecule has 2 aromatic rings. The lowest BCUT2D eigenvalue weighted by Gasteiger charge is -2.06. The second kappa shape index (κ2) is 4.32. The van der Waals surface area contributed by atoms with Crippen LogP contribution in [0.1, 0.15) is 6.92 Å². The van der Waals surface area contributed by atoms with Gasteiger partial charge in [0.2, 0.25) is 5.91 Å². The summed E-state index contributed by atoms with van der Waals surface area (Å²) in [5.74, 6) is -0.101. The Morgan fingerprint density at radius 1 is 1.44 bits per heavy atom.